The lowest BCUT2D eigenvalue weighted by atomic mass is 10.1. The molecule has 1 amide bonds. The molecule has 1 heterocycles. The van der Waals surface area contributed by atoms with Gasteiger partial charge < -0.3 is 14.8 Å². The van der Waals surface area contributed by atoms with Crippen molar-refractivity contribution in [1.29, 1.82) is 0 Å². The van der Waals surface area contributed by atoms with Crippen LogP contribution in [0.3, 0.4) is 0 Å². The fraction of sp³-hybridized carbons (Fsp3) is 0.217. The van der Waals surface area contributed by atoms with E-state index in [2.05, 4.69) is 17.0 Å². The van der Waals surface area contributed by atoms with Crippen LogP contribution in [-0.4, -0.2) is 29.4 Å². The van der Waals surface area contributed by atoms with E-state index < -0.39 is 0 Å². The number of carbonyl (C=O) groups is 1. The molecule has 3 aromatic rings. The third kappa shape index (κ3) is 5.72. The van der Waals surface area contributed by atoms with E-state index in [4.69, 9.17) is 9.47 Å². The molecule has 0 bridgehead atoms. The Hall–Kier alpha value is -3.54. The maximum atomic E-state index is 12.3. The van der Waals surface area contributed by atoms with Gasteiger partial charge in [-0.15, -0.1) is 6.58 Å². The lowest BCUT2D eigenvalue weighted by Gasteiger charge is -2.13. The number of aromatic nitrogens is 2. The molecule has 0 aliphatic carbocycles. The summed E-state index contributed by atoms with van der Waals surface area (Å²) in [5, 5.41) is 7.15. The van der Waals surface area contributed by atoms with Gasteiger partial charge in [0.1, 0.15) is 0 Å². The summed E-state index contributed by atoms with van der Waals surface area (Å²) in [5.74, 6) is 0.937. The molecule has 0 atom stereocenters. The molecule has 29 heavy (non-hydrogen) atoms. The highest BCUT2D eigenvalue weighted by Gasteiger charge is 2.10. The maximum absolute atomic E-state index is 12.3. The van der Waals surface area contributed by atoms with Gasteiger partial charge in [0.2, 0.25) is 0 Å². The Morgan fingerprint density at radius 1 is 1.17 bits per heavy atom. The van der Waals surface area contributed by atoms with Gasteiger partial charge >= 0.3 is 0 Å². The van der Waals surface area contributed by atoms with Gasteiger partial charge in [-0.25, -0.2) is 0 Å². The molecule has 0 fully saturated rings. The SMILES string of the molecule is C=CCc1ccc(OCC(=O)NCc2ccccc2Cn2cccn2)c(OC)c1. The number of amides is 1. The second-order valence-corrected chi connectivity index (χ2v) is 6.52. The molecule has 2 aromatic carbocycles. The van der Waals surface area contributed by atoms with E-state index in [0.29, 0.717) is 24.6 Å². The summed E-state index contributed by atoms with van der Waals surface area (Å²) in [6, 6.07) is 15.5. The number of benzene rings is 2. The summed E-state index contributed by atoms with van der Waals surface area (Å²) >= 11 is 0. The molecule has 0 aliphatic heterocycles. The van der Waals surface area contributed by atoms with Crippen LogP contribution in [0, 0.1) is 0 Å². The molecular formula is C23H25N3O3. The first kappa shape index (κ1) is 20.2. The third-order valence-corrected chi connectivity index (χ3v) is 4.45. The predicted octanol–water partition coefficient (Wildman–Crippen LogP) is 3.36. The molecule has 0 spiro atoms. The van der Waals surface area contributed by atoms with Crippen molar-refractivity contribution in [1.82, 2.24) is 15.1 Å². The standard InChI is InChI=1S/C23H25N3O3/c1-3-7-18-10-11-21(22(14-18)28-2)29-17-23(27)24-15-19-8-4-5-9-20(19)16-26-13-6-12-25-26/h3-6,8-14H,1,7,15-17H2,2H3,(H,24,27). The van der Waals surface area contributed by atoms with Crippen LogP contribution < -0.4 is 14.8 Å². The van der Waals surface area contributed by atoms with Crippen LogP contribution in [0.4, 0.5) is 0 Å². The van der Waals surface area contributed by atoms with Crippen molar-refractivity contribution in [2.75, 3.05) is 13.7 Å². The third-order valence-electron chi connectivity index (χ3n) is 4.45. The number of rotatable bonds is 10. The van der Waals surface area contributed by atoms with Crippen LogP contribution >= 0.6 is 0 Å². The zero-order valence-electron chi connectivity index (χ0n) is 16.5. The Kier molecular flexibility index (Phi) is 7.05. The van der Waals surface area contributed by atoms with Crippen LogP contribution in [0.25, 0.3) is 0 Å². The number of methoxy groups -OCH3 is 1. The second kappa shape index (κ2) is 10.1. The minimum absolute atomic E-state index is 0.0848. The van der Waals surface area contributed by atoms with Gasteiger partial charge in [0.05, 0.1) is 13.7 Å². The Labute approximate surface area is 170 Å². The second-order valence-electron chi connectivity index (χ2n) is 6.52. The molecular weight excluding hydrogens is 366 g/mol. The first-order valence-corrected chi connectivity index (χ1v) is 9.41. The van der Waals surface area contributed by atoms with Gasteiger partial charge in [-0.2, -0.15) is 5.10 Å². The van der Waals surface area contributed by atoms with Crippen molar-refractivity contribution in [3.8, 4) is 11.5 Å². The molecule has 1 N–H and O–H groups in total. The highest BCUT2D eigenvalue weighted by molar-refractivity contribution is 5.77. The van der Waals surface area contributed by atoms with E-state index in [-0.39, 0.29) is 12.5 Å². The summed E-state index contributed by atoms with van der Waals surface area (Å²) in [4.78, 5) is 12.3. The summed E-state index contributed by atoms with van der Waals surface area (Å²) in [5.41, 5.74) is 3.22. The van der Waals surface area contributed by atoms with Crippen molar-refractivity contribution in [3.63, 3.8) is 0 Å². The fourth-order valence-electron chi connectivity index (χ4n) is 2.97. The molecule has 0 saturated carbocycles. The molecule has 6 nitrogen and oxygen atoms in total. The average Bonchev–Trinajstić information content (AvgIpc) is 3.25. The lowest BCUT2D eigenvalue weighted by molar-refractivity contribution is -0.123. The predicted molar refractivity (Wildman–Crippen MR) is 112 cm³/mol. The number of allylic oxidation sites excluding steroid dienone is 1. The molecule has 0 saturated heterocycles. The smallest absolute Gasteiger partial charge is 0.258 e. The molecule has 0 radical (unpaired) electrons. The number of hydrogen-bond donors (Lipinski definition) is 1. The van der Waals surface area contributed by atoms with Crippen LogP contribution in [0.2, 0.25) is 0 Å². The van der Waals surface area contributed by atoms with Crippen molar-refractivity contribution in [2.24, 2.45) is 0 Å². The number of hydrogen-bond acceptors (Lipinski definition) is 4. The molecule has 0 aliphatic rings. The largest absolute Gasteiger partial charge is 0.493 e. The minimum atomic E-state index is -0.198. The van der Waals surface area contributed by atoms with Gasteiger partial charge in [0, 0.05) is 18.9 Å². The van der Waals surface area contributed by atoms with Crippen LogP contribution in [-0.2, 0) is 24.3 Å². The zero-order valence-corrected chi connectivity index (χ0v) is 16.5. The molecule has 0 unspecified atom stereocenters. The van der Waals surface area contributed by atoms with E-state index in [1.807, 2.05) is 65.5 Å². The Bertz CT molecular complexity index is 952. The summed E-state index contributed by atoms with van der Waals surface area (Å²) < 4.78 is 12.9. The van der Waals surface area contributed by atoms with E-state index in [1.165, 1.54) is 0 Å². The first-order valence-electron chi connectivity index (χ1n) is 9.41. The minimum Gasteiger partial charge on any atom is -0.493 e. The van der Waals surface area contributed by atoms with E-state index in [9.17, 15) is 4.79 Å². The van der Waals surface area contributed by atoms with Crippen molar-refractivity contribution in [2.45, 2.75) is 19.5 Å². The summed E-state index contributed by atoms with van der Waals surface area (Å²) in [7, 11) is 1.58. The van der Waals surface area contributed by atoms with Gasteiger partial charge in [-0.3, -0.25) is 9.48 Å². The summed E-state index contributed by atoms with van der Waals surface area (Å²) in [6.07, 6.45) is 6.23. The number of nitrogens with one attached hydrogen (secondary N) is 1. The average molecular weight is 391 g/mol. The number of carbonyl (C=O) groups excluding carboxylic acids is 1. The van der Waals surface area contributed by atoms with E-state index >= 15 is 0 Å². The van der Waals surface area contributed by atoms with Crippen LogP contribution in [0.15, 0.2) is 73.6 Å². The number of ether oxygens (including phenoxy) is 2. The maximum Gasteiger partial charge on any atom is 0.258 e. The Morgan fingerprint density at radius 2 is 2.00 bits per heavy atom. The lowest BCUT2D eigenvalue weighted by Crippen LogP contribution is -2.29. The summed E-state index contributed by atoms with van der Waals surface area (Å²) in [6.45, 7) is 4.73. The molecule has 150 valence electrons. The van der Waals surface area contributed by atoms with E-state index in [1.54, 1.807) is 13.3 Å². The van der Waals surface area contributed by atoms with Crippen LogP contribution in [0.5, 0.6) is 11.5 Å². The monoisotopic (exact) mass is 391 g/mol. The van der Waals surface area contributed by atoms with Crippen LogP contribution in [0.1, 0.15) is 16.7 Å². The molecule has 1 aromatic heterocycles. The van der Waals surface area contributed by atoms with Gasteiger partial charge in [-0.05, 0) is 41.3 Å². The van der Waals surface area contributed by atoms with Gasteiger partial charge in [0.25, 0.3) is 5.91 Å². The van der Waals surface area contributed by atoms with Gasteiger partial charge in [0.15, 0.2) is 18.1 Å². The Balaban J connectivity index is 1.55. The quantitative estimate of drug-likeness (QED) is 0.538. The normalized spacial score (nSPS) is 10.4. The topological polar surface area (TPSA) is 65.4 Å². The number of nitrogens with zero attached hydrogens (tertiary/aromatic N) is 2. The molecule has 3 rings (SSSR count). The van der Waals surface area contributed by atoms with Gasteiger partial charge in [-0.1, -0.05) is 36.4 Å². The zero-order chi connectivity index (χ0) is 20.5. The van der Waals surface area contributed by atoms with Crippen molar-refractivity contribution >= 4 is 5.91 Å². The fourth-order valence-corrected chi connectivity index (χ4v) is 2.97. The highest BCUT2D eigenvalue weighted by Crippen LogP contribution is 2.28. The Morgan fingerprint density at radius 3 is 2.72 bits per heavy atom. The first-order chi connectivity index (χ1) is 14.2. The molecule has 6 heteroatoms. The van der Waals surface area contributed by atoms with E-state index in [0.717, 1.165) is 23.1 Å². The van der Waals surface area contributed by atoms with Crippen molar-refractivity contribution < 1.29 is 14.3 Å². The highest BCUT2D eigenvalue weighted by atomic mass is 16.5. The van der Waals surface area contributed by atoms with Crippen molar-refractivity contribution in [3.05, 3.63) is 90.3 Å².